The van der Waals surface area contributed by atoms with Crippen LogP contribution >= 0.6 is 0 Å². The maximum atomic E-state index is 12.8. The van der Waals surface area contributed by atoms with Crippen LogP contribution in [-0.2, 0) is 4.79 Å². The minimum absolute atomic E-state index is 0.0196. The Kier molecular flexibility index (Phi) is 4.98. The number of ketones is 1. The van der Waals surface area contributed by atoms with Gasteiger partial charge < -0.3 is 5.11 Å². The Morgan fingerprint density at radius 3 is 2.24 bits per heavy atom. The number of nitriles is 1. The van der Waals surface area contributed by atoms with Gasteiger partial charge in [-0.2, -0.15) is 5.26 Å². The van der Waals surface area contributed by atoms with Crippen LogP contribution < -0.4 is 0 Å². The lowest BCUT2D eigenvalue weighted by atomic mass is 9.32. The number of hydrogen-bond acceptors (Lipinski definition) is 3. The molecule has 3 heteroatoms. The Labute approximate surface area is 201 Å². The minimum Gasteiger partial charge on any atom is -0.393 e. The Morgan fingerprint density at radius 2 is 1.58 bits per heavy atom. The molecule has 5 aliphatic rings. The normalized spacial score (nSPS) is 54.3. The molecule has 0 aromatic rings. The number of aliphatic hydroxyl groups is 1. The van der Waals surface area contributed by atoms with Crippen LogP contribution in [0.1, 0.15) is 93.4 Å². The van der Waals surface area contributed by atoms with Gasteiger partial charge in [0.1, 0.15) is 0 Å². The van der Waals surface area contributed by atoms with Gasteiger partial charge in [-0.1, -0.05) is 54.5 Å². The van der Waals surface area contributed by atoms with Crippen LogP contribution in [0.25, 0.3) is 0 Å². The van der Waals surface area contributed by atoms with E-state index in [1.165, 1.54) is 12.8 Å². The summed E-state index contributed by atoms with van der Waals surface area (Å²) in [6, 6.07) is 2.76. The Bertz CT molecular complexity index is 926. The first-order valence-electron chi connectivity index (χ1n) is 13.6. The third kappa shape index (κ3) is 2.80. The van der Waals surface area contributed by atoms with Crippen molar-refractivity contribution < 1.29 is 9.90 Å². The van der Waals surface area contributed by atoms with Crippen molar-refractivity contribution in [2.24, 2.45) is 62.6 Å². The lowest BCUT2D eigenvalue weighted by Gasteiger charge is -2.72. The van der Waals surface area contributed by atoms with Gasteiger partial charge >= 0.3 is 0 Å². The van der Waals surface area contributed by atoms with E-state index in [1.54, 1.807) is 0 Å². The fourth-order valence-electron chi connectivity index (χ4n) is 10.7. The lowest BCUT2D eigenvalue weighted by molar-refractivity contribution is -0.250. The maximum Gasteiger partial charge on any atom is 0.161 e. The summed E-state index contributed by atoms with van der Waals surface area (Å²) in [5, 5.41) is 22.3. The van der Waals surface area contributed by atoms with Crippen LogP contribution in [-0.4, -0.2) is 17.0 Å². The molecule has 182 valence electrons. The second kappa shape index (κ2) is 6.96. The molecule has 0 aromatic carbocycles. The van der Waals surface area contributed by atoms with Gasteiger partial charge in [0.2, 0.25) is 0 Å². The van der Waals surface area contributed by atoms with E-state index in [4.69, 9.17) is 0 Å². The van der Waals surface area contributed by atoms with Gasteiger partial charge in [0.25, 0.3) is 0 Å². The number of allylic oxidation sites excluding steroid dienone is 2. The fourth-order valence-corrected chi connectivity index (χ4v) is 10.7. The lowest BCUT2D eigenvalue weighted by Crippen LogP contribution is -2.68. The van der Waals surface area contributed by atoms with Crippen LogP contribution in [0.2, 0.25) is 0 Å². The topological polar surface area (TPSA) is 61.1 Å². The molecular formula is C30H45NO2. The van der Waals surface area contributed by atoms with Crippen LogP contribution in [0, 0.1) is 73.9 Å². The smallest absolute Gasteiger partial charge is 0.161 e. The van der Waals surface area contributed by atoms with Crippen molar-refractivity contribution in [2.75, 3.05) is 0 Å². The van der Waals surface area contributed by atoms with Crippen molar-refractivity contribution in [1.82, 2.24) is 0 Å². The molecule has 0 bridgehead atoms. The second-order valence-corrected chi connectivity index (χ2v) is 14.6. The Hall–Kier alpha value is -1.14. The molecular weight excluding hydrogens is 406 g/mol. The van der Waals surface area contributed by atoms with Crippen LogP contribution in [0.4, 0.5) is 0 Å². The van der Waals surface area contributed by atoms with E-state index in [-0.39, 0.29) is 50.8 Å². The molecule has 10 atom stereocenters. The highest BCUT2D eigenvalue weighted by Gasteiger charge is 2.70. The third-order valence-corrected chi connectivity index (χ3v) is 12.8. The quantitative estimate of drug-likeness (QED) is 0.453. The molecule has 0 radical (unpaired) electrons. The first kappa shape index (κ1) is 23.6. The average molecular weight is 452 g/mol. The van der Waals surface area contributed by atoms with E-state index in [0.717, 1.165) is 32.1 Å². The molecule has 3 nitrogen and oxygen atoms in total. The summed E-state index contributed by atoms with van der Waals surface area (Å²) in [5.74, 6) is 2.04. The SMILES string of the molecule is CC1(C)CCC2CCC3(C)C(C(O)CC4C5(C)C=CC(=O)C(C)(C)C5CCC43C)C2C1C#N. The van der Waals surface area contributed by atoms with E-state index >= 15 is 0 Å². The molecule has 0 amide bonds. The van der Waals surface area contributed by atoms with Gasteiger partial charge in [0, 0.05) is 5.41 Å². The monoisotopic (exact) mass is 451 g/mol. The zero-order valence-corrected chi connectivity index (χ0v) is 21.9. The number of aliphatic hydroxyl groups excluding tert-OH is 1. The van der Waals surface area contributed by atoms with Gasteiger partial charge in [-0.25, -0.2) is 0 Å². The Morgan fingerprint density at radius 1 is 0.939 bits per heavy atom. The number of carbonyl (C=O) groups is 1. The standard InChI is InChI=1S/C30H45NO2/c1-26(2)12-8-18-9-14-30(7)25(24(18)19(26)17-31)20(32)16-22-28(5)13-11-23(33)27(3,4)21(28)10-15-29(22,30)6/h11,13,18-22,24-25,32H,8-10,12,14-16H2,1-7H3. The molecule has 0 saturated heterocycles. The first-order chi connectivity index (χ1) is 15.2. The van der Waals surface area contributed by atoms with Crippen molar-refractivity contribution in [1.29, 1.82) is 5.26 Å². The molecule has 0 aromatic heterocycles. The first-order valence-corrected chi connectivity index (χ1v) is 13.6. The Balaban J connectivity index is 1.61. The van der Waals surface area contributed by atoms with Crippen molar-refractivity contribution in [3.63, 3.8) is 0 Å². The molecule has 33 heavy (non-hydrogen) atoms. The molecule has 0 spiro atoms. The molecule has 5 rings (SSSR count). The minimum atomic E-state index is -0.365. The highest BCUT2D eigenvalue weighted by molar-refractivity contribution is 5.95. The van der Waals surface area contributed by atoms with Gasteiger partial charge in [-0.3, -0.25) is 4.79 Å². The fraction of sp³-hybridized carbons (Fsp3) is 0.867. The highest BCUT2D eigenvalue weighted by atomic mass is 16.3. The number of fused-ring (bicyclic) bond motifs is 7. The maximum absolute atomic E-state index is 12.8. The summed E-state index contributed by atoms with van der Waals surface area (Å²) in [6.07, 6.45) is 11.4. The number of carbonyl (C=O) groups excluding carboxylic acids is 1. The molecule has 0 aliphatic heterocycles. The summed E-state index contributed by atoms with van der Waals surface area (Å²) in [4.78, 5) is 12.8. The number of hydrogen-bond donors (Lipinski definition) is 1. The van der Waals surface area contributed by atoms with Gasteiger partial charge in [0.05, 0.1) is 18.1 Å². The molecule has 4 saturated carbocycles. The van der Waals surface area contributed by atoms with E-state index in [1.807, 2.05) is 6.08 Å². The zero-order chi connectivity index (χ0) is 24.2. The molecule has 4 fully saturated rings. The van der Waals surface area contributed by atoms with Crippen molar-refractivity contribution in [2.45, 2.75) is 99.5 Å². The van der Waals surface area contributed by atoms with Crippen molar-refractivity contribution >= 4 is 5.78 Å². The van der Waals surface area contributed by atoms with Gasteiger partial charge in [-0.05, 0) is 102 Å². The predicted molar refractivity (Wildman–Crippen MR) is 131 cm³/mol. The summed E-state index contributed by atoms with van der Waals surface area (Å²) < 4.78 is 0. The molecule has 0 heterocycles. The molecule has 1 N–H and O–H groups in total. The van der Waals surface area contributed by atoms with E-state index in [2.05, 4.69) is 60.6 Å². The van der Waals surface area contributed by atoms with Crippen LogP contribution in [0.3, 0.4) is 0 Å². The van der Waals surface area contributed by atoms with E-state index in [0.29, 0.717) is 23.7 Å². The average Bonchev–Trinajstić information content (AvgIpc) is 2.72. The largest absolute Gasteiger partial charge is 0.393 e. The number of rotatable bonds is 0. The van der Waals surface area contributed by atoms with Crippen LogP contribution in [0.15, 0.2) is 12.2 Å². The van der Waals surface area contributed by atoms with E-state index < -0.39 is 0 Å². The van der Waals surface area contributed by atoms with Gasteiger partial charge in [0.15, 0.2) is 5.78 Å². The summed E-state index contributed by atoms with van der Waals surface area (Å²) >= 11 is 0. The van der Waals surface area contributed by atoms with Crippen LogP contribution in [0.5, 0.6) is 0 Å². The number of nitrogens with zero attached hydrogens (tertiary/aromatic N) is 1. The third-order valence-electron chi connectivity index (χ3n) is 12.8. The summed E-state index contributed by atoms with van der Waals surface area (Å²) in [7, 11) is 0. The second-order valence-electron chi connectivity index (χ2n) is 14.6. The zero-order valence-electron chi connectivity index (χ0n) is 21.9. The van der Waals surface area contributed by atoms with Crippen molar-refractivity contribution in [3.8, 4) is 6.07 Å². The summed E-state index contributed by atoms with van der Waals surface area (Å²) in [5.41, 5.74) is -0.269. The molecule has 10 unspecified atom stereocenters. The highest BCUT2D eigenvalue weighted by Crippen LogP contribution is 2.75. The van der Waals surface area contributed by atoms with E-state index in [9.17, 15) is 15.2 Å². The van der Waals surface area contributed by atoms with Crippen molar-refractivity contribution in [3.05, 3.63) is 12.2 Å². The predicted octanol–water partition coefficient (Wildman–Crippen LogP) is 6.56. The van der Waals surface area contributed by atoms with Gasteiger partial charge in [-0.15, -0.1) is 0 Å². The summed E-state index contributed by atoms with van der Waals surface area (Å²) in [6.45, 7) is 16.2. The molecule has 5 aliphatic carbocycles.